The van der Waals surface area contributed by atoms with Crippen LogP contribution in [0.3, 0.4) is 0 Å². The first-order chi connectivity index (χ1) is 12.3. The van der Waals surface area contributed by atoms with E-state index in [0.717, 1.165) is 75.6 Å². The first kappa shape index (κ1) is 16.3. The molecule has 1 saturated heterocycles. The van der Waals surface area contributed by atoms with Gasteiger partial charge in [-0.3, -0.25) is 4.90 Å². The molecule has 1 aromatic carbocycles. The number of nitrogens with one attached hydrogen (secondary N) is 1. The van der Waals surface area contributed by atoms with Crippen molar-refractivity contribution in [2.75, 3.05) is 58.4 Å². The molecule has 8 heteroatoms. The van der Waals surface area contributed by atoms with Gasteiger partial charge in [0.1, 0.15) is 16.1 Å². The minimum absolute atomic E-state index is 0.579. The molecular weight excluding hydrogens is 322 g/mol. The summed E-state index contributed by atoms with van der Waals surface area (Å²) in [7, 11) is 1.60. The van der Waals surface area contributed by atoms with Gasteiger partial charge in [0.05, 0.1) is 31.0 Å². The summed E-state index contributed by atoms with van der Waals surface area (Å²) in [5.41, 5.74) is 2.85. The van der Waals surface area contributed by atoms with Crippen LogP contribution >= 0.6 is 0 Å². The van der Waals surface area contributed by atoms with Gasteiger partial charge in [0.15, 0.2) is 7.11 Å². The standard InChI is InChI=1S/C17H24N5O3/c1-23-22-15-12-16-13(3-8-25-16)11-14(15)19-17(20-22)18-4-2-5-21-6-9-24-10-7-21/h11-12H,2-10H2,1H3,(H,18,19,20)/q+1. The van der Waals surface area contributed by atoms with Crippen LogP contribution in [0.25, 0.3) is 11.0 Å². The van der Waals surface area contributed by atoms with Crippen LogP contribution in [0.4, 0.5) is 5.95 Å². The molecule has 2 aliphatic heterocycles. The van der Waals surface area contributed by atoms with Gasteiger partial charge >= 0.3 is 5.52 Å². The van der Waals surface area contributed by atoms with Crippen LogP contribution in [-0.2, 0) is 11.2 Å². The van der Waals surface area contributed by atoms with Crippen LogP contribution in [0.15, 0.2) is 12.1 Å². The SMILES string of the molecule is CO[n+]1nc(NCCCN2CCOCC2)nc2cc3c(cc21)OCC3. The Kier molecular flexibility index (Phi) is 4.80. The van der Waals surface area contributed by atoms with Crippen molar-refractivity contribution < 1.29 is 19.2 Å². The Labute approximate surface area is 146 Å². The molecule has 0 bridgehead atoms. The number of ether oxygens (including phenoxy) is 2. The first-order valence-corrected chi connectivity index (χ1v) is 8.82. The van der Waals surface area contributed by atoms with Crippen molar-refractivity contribution >= 4 is 17.0 Å². The fourth-order valence-electron chi connectivity index (χ4n) is 3.26. The highest BCUT2D eigenvalue weighted by atomic mass is 16.7. The Morgan fingerprint density at radius 1 is 1.28 bits per heavy atom. The van der Waals surface area contributed by atoms with Crippen LogP contribution in [-0.4, -0.2) is 68.1 Å². The maximum atomic E-state index is 5.62. The van der Waals surface area contributed by atoms with Crippen LogP contribution in [0.1, 0.15) is 12.0 Å². The Balaban J connectivity index is 1.43. The summed E-state index contributed by atoms with van der Waals surface area (Å²) in [6, 6.07) is 4.01. The fraction of sp³-hybridized carbons (Fsp3) is 0.588. The molecule has 8 nitrogen and oxygen atoms in total. The molecule has 0 atom stereocenters. The molecule has 1 fully saturated rings. The molecule has 0 aliphatic carbocycles. The highest BCUT2D eigenvalue weighted by Gasteiger charge is 2.22. The Morgan fingerprint density at radius 2 is 2.16 bits per heavy atom. The molecule has 0 unspecified atom stereocenters. The van der Waals surface area contributed by atoms with Gasteiger partial charge in [-0.2, -0.15) is 0 Å². The molecule has 2 aromatic rings. The van der Waals surface area contributed by atoms with Crippen molar-refractivity contribution in [1.29, 1.82) is 0 Å². The van der Waals surface area contributed by atoms with Gasteiger partial charge in [0.2, 0.25) is 0 Å². The van der Waals surface area contributed by atoms with Gasteiger partial charge in [0.25, 0.3) is 5.95 Å². The lowest BCUT2D eigenvalue weighted by Crippen LogP contribution is -2.46. The van der Waals surface area contributed by atoms with Gasteiger partial charge in [-0.05, 0) is 19.0 Å². The smallest absolute Gasteiger partial charge is 0.318 e. The van der Waals surface area contributed by atoms with Crippen LogP contribution < -0.4 is 19.7 Å². The van der Waals surface area contributed by atoms with Crippen LogP contribution in [0.2, 0.25) is 0 Å². The van der Waals surface area contributed by atoms with E-state index in [9.17, 15) is 0 Å². The molecule has 0 amide bonds. The molecule has 0 radical (unpaired) electrons. The van der Waals surface area contributed by atoms with Crippen molar-refractivity contribution in [3.8, 4) is 5.75 Å². The van der Waals surface area contributed by atoms with E-state index in [1.807, 2.05) is 6.07 Å². The number of fused-ring (bicyclic) bond motifs is 2. The van der Waals surface area contributed by atoms with Gasteiger partial charge in [0, 0.05) is 31.6 Å². The van der Waals surface area contributed by atoms with Crippen LogP contribution in [0, 0.1) is 0 Å². The molecule has 25 heavy (non-hydrogen) atoms. The van der Waals surface area contributed by atoms with Crippen molar-refractivity contribution in [1.82, 2.24) is 15.0 Å². The summed E-state index contributed by atoms with van der Waals surface area (Å²) in [5, 5.41) is 7.72. The lowest BCUT2D eigenvalue weighted by Gasteiger charge is -2.26. The number of hydrogen-bond donors (Lipinski definition) is 1. The number of aromatic nitrogens is 3. The highest BCUT2D eigenvalue weighted by Crippen LogP contribution is 2.28. The number of morpholine rings is 1. The number of rotatable bonds is 6. The Hall–Kier alpha value is -2.19. The molecule has 3 heterocycles. The minimum Gasteiger partial charge on any atom is -0.493 e. The zero-order valence-corrected chi connectivity index (χ0v) is 14.5. The molecule has 0 saturated carbocycles. The molecule has 2 aliphatic rings. The second-order valence-electron chi connectivity index (χ2n) is 6.27. The third-order valence-corrected chi connectivity index (χ3v) is 4.62. The number of nitrogens with zero attached hydrogens (tertiary/aromatic N) is 4. The summed E-state index contributed by atoms with van der Waals surface area (Å²) in [6.45, 7) is 6.30. The monoisotopic (exact) mass is 346 g/mol. The first-order valence-electron chi connectivity index (χ1n) is 8.82. The van der Waals surface area contributed by atoms with E-state index in [-0.39, 0.29) is 0 Å². The lowest BCUT2D eigenvalue weighted by atomic mass is 10.1. The van der Waals surface area contributed by atoms with Gasteiger partial charge in [-0.15, -0.1) is 0 Å². The second kappa shape index (κ2) is 7.37. The van der Waals surface area contributed by atoms with E-state index in [1.165, 1.54) is 10.4 Å². The van der Waals surface area contributed by atoms with Crippen molar-refractivity contribution in [2.45, 2.75) is 12.8 Å². The van der Waals surface area contributed by atoms with E-state index in [2.05, 4.69) is 26.4 Å². The second-order valence-corrected chi connectivity index (χ2v) is 6.27. The predicted octanol–water partition coefficient (Wildman–Crippen LogP) is 0.0448. The zero-order valence-electron chi connectivity index (χ0n) is 14.5. The van der Waals surface area contributed by atoms with E-state index in [0.29, 0.717) is 5.95 Å². The molecule has 1 N–H and O–H groups in total. The van der Waals surface area contributed by atoms with Gasteiger partial charge in [-0.1, -0.05) is 0 Å². The zero-order chi connectivity index (χ0) is 17.1. The largest absolute Gasteiger partial charge is 0.493 e. The Bertz CT molecular complexity index is 749. The molecule has 0 spiro atoms. The summed E-state index contributed by atoms with van der Waals surface area (Å²) >= 11 is 0. The average molecular weight is 346 g/mol. The summed E-state index contributed by atoms with van der Waals surface area (Å²) < 4.78 is 11.0. The van der Waals surface area contributed by atoms with Gasteiger partial charge < -0.3 is 14.8 Å². The maximum absolute atomic E-state index is 5.62. The number of benzene rings is 1. The molecule has 4 rings (SSSR count). The normalized spacial score (nSPS) is 17.3. The lowest BCUT2D eigenvalue weighted by molar-refractivity contribution is -0.909. The number of anilines is 1. The van der Waals surface area contributed by atoms with Crippen LogP contribution in [0.5, 0.6) is 5.75 Å². The quantitative estimate of drug-likeness (QED) is 0.585. The van der Waals surface area contributed by atoms with Crippen molar-refractivity contribution in [3.63, 3.8) is 0 Å². The van der Waals surface area contributed by atoms with E-state index >= 15 is 0 Å². The average Bonchev–Trinajstić information content (AvgIpc) is 3.11. The highest BCUT2D eigenvalue weighted by molar-refractivity contribution is 5.75. The molecule has 1 aromatic heterocycles. The van der Waals surface area contributed by atoms with E-state index < -0.39 is 0 Å². The van der Waals surface area contributed by atoms with Crippen molar-refractivity contribution in [2.24, 2.45) is 0 Å². The summed E-state index contributed by atoms with van der Waals surface area (Å²) in [6.07, 6.45) is 1.96. The topological polar surface area (TPSA) is 72.6 Å². The third-order valence-electron chi connectivity index (χ3n) is 4.62. The van der Waals surface area contributed by atoms with Crippen molar-refractivity contribution in [3.05, 3.63) is 17.7 Å². The molecular formula is C17H24N5O3+. The summed E-state index contributed by atoms with van der Waals surface area (Å²) in [5.74, 6) is 1.48. The maximum Gasteiger partial charge on any atom is 0.318 e. The minimum atomic E-state index is 0.579. The van der Waals surface area contributed by atoms with Gasteiger partial charge in [-0.25, -0.2) is 9.82 Å². The fourth-order valence-corrected chi connectivity index (χ4v) is 3.26. The molecule has 134 valence electrons. The van der Waals surface area contributed by atoms with E-state index in [4.69, 9.17) is 14.3 Å². The Morgan fingerprint density at radius 3 is 3.00 bits per heavy atom. The summed E-state index contributed by atoms with van der Waals surface area (Å²) in [4.78, 5) is 13.9. The number of hydrogen-bond acceptors (Lipinski definition) is 7. The predicted molar refractivity (Wildman–Crippen MR) is 91.8 cm³/mol. The third kappa shape index (κ3) is 3.59. The van der Waals surface area contributed by atoms with E-state index in [1.54, 1.807) is 7.11 Å².